The van der Waals surface area contributed by atoms with Crippen molar-refractivity contribution in [1.82, 2.24) is 15.0 Å². The number of hydrogen-bond donors (Lipinski definition) is 1. The second kappa shape index (κ2) is 4.31. The molecule has 0 spiro atoms. The first-order valence-electron chi connectivity index (χ1n) is 5.71. The molecule has 1 fully saturated rings. The van der Waals surface area contributed by atoms with E-state index in [9.17, 15) is 5.11 Å². The van der Waals surface area contributed by atoms with E-state index in [-0.39, 0.29) is 0 Å². The summed E-state index contributed by atoms with van der Waals surface area (Å²) >= 11 is 0. The maximum absolute atomic E-state index is 10.2. The van der Waals surface area contributed by atoms with E-state index >= 15 is 0 Å². The summed E-state index contributed by atoms with van der Waals surface area (Å²) in [5, 5.41) is 17.9. The van der Waals surface area contributed by atoms with Gasteiger partial charge in [0.2, 0.25) is 0 Å². The lowest BCUT2D eigenvalue weighted by atomic mass is 9.79. The summed E-state index contributed by atoms with van der Waals surface area (Å²) in [5.74, 6) is 1.12. The lowest BCUT2D eigenvalue weighted by molar-refractivity contribution is 0.0649. The fourth-order valence-corrected chi connectivity index (χ4v) is 2.57. The van der Waals surface area contributed by atoms with Gasteiger partial charge in [0.25, 0.3) is 0 Å². The first-order valence-corrected chi connectivity index (χ1v) is 5.71. The van der Waals surface area contributed by atoms with Crippen molar-refractivity contribution in [2.75, 3.05) is 0 Å². The van der Waals surface area contributed by atoms with Crippen molar-refractivity contribution >= 4 is 0 Å². The van der Waals surface area contributed by atoms with Gasteiger partial charge < -0.3 is 5.11 Å². The Kier molecular flexibility index (Phi) is 3.05. The Morgan fingerprint density at radius 1 is 1.53 bits per heavy atom. The number of hydrogen-bond acceptors (Lipinski definition) is 3. The van der Waals surface area contributed by atoms with Crippen LogP contribution in [0.4, 0.5) is 0 Å². The van der Waals surface area contributed by atoms with Gasteiger partial charge in [-0.05, 0) is 24.7 Å². The minimum Gasteiger partial charge on any atom is -0.386 e. The van der Waals surface area contributed by atoms with Crippen LogP contribution in [0.1, 0.15) is 44.4 Å². The summed E-state index contributed by atoms with van der Waals surface area (Å²) in [5.41, 5.74) is 0.842. The van der Waals surface area contributed by atoms with E-state index in [1.807, 2.05) is 7.05 Å². The molecule has 3 atom stereocenters. The summed E-state index contributed by atoms with van der Waals surface area (Å²) in [6.45, 7) is 2.26. The quantitative estimate of drug-likeness (QED) is 0.806. The molecule has 84 valence electrons. The van der Waals surface area contributed by atoms with Crippen LogP contribution in [0.3, 0.4) is 0 Å². The normalized spacial score (nSPS) is 29.0. The first kappa shape index (κ1) is 10.6. The van der Waals surface area contributed by atoms with Gasteiger partial charge in [0, 0.05) is 7.05 Å². The van der Waals surface area contributed by atoms with Crippen LogP contribution in [-0.2, 0) is 7.05 Å². The Morgan fingerprint density at radius 3 is 2.93 bits per heavy atom. The zero-order chi connectivity index (χ0) is 10.8. The molecule has 0 aromatic carbocycles. The van der Waals surface area contributed by atoms with Crippen molar-refractivity contribution in [2.24, 2.45) is 18.9 Å². The van der Waals surface area contributed by atoms with E-state index in [2.05, 4.69) is 17.2 Å². The van der Waals surface area contributed by atoms with Crippen LogP contribution in [-0.4, -0.2) is 20.1 Å². The molecule has 0 saturated heterocycles. The molecule has 1 aliphatic carbocycles. The third-order valence-corrected chi connectivity index (χ3v) is 3.48. The molecule has 4 nitrogen and oxygen atoms in total. The second-order valence-electron chi connectivity index (χ2n) is 4.76. The molecule has 4 heteroatoms. The highest BCUT2D eigenvalue weighted by molar-refractivity contribution is 5.01. The largest absolute Gasteiger partial charge is 0.386 e. The standard InChI is InChI=1S/C11H19N3O/c1-8-4-3-5-9(6-8)11(15)10-7-12-13-14(10)2/h7-9,11,15H,3-6H2,1-2H3. The van der Waals surface area contributed by atoms with Crippen molar-refractivity contribution in [3.05, 3.63) is 11.9 Å². The van der Waals surface area contributed by atoms with Gasteiger partial charge in [-0.25, -0.2) is 4.68 Å². The summed E-state index contributed by atoms with van der Waals surface area (Å²) in [6.07, 6.45) is 6.04. The van der Waals surface area contributed by atoms with Gasteiger partial charge in [-0.1, -0.05) is 25.0 Å². The average molecular weight is 209 g/mol. The Labute approximate surface area is 90.3 Å². The molecular formula is C11H19N3O. The van der Waals surface area contributed by atoms with Crippen molar-refractivity contribution in [3.8, 4) is 0 Å². The van der Waals surface area contributed by atoms with E-state index in [0.717, 1.165) is 24.5 Å². The zero-order valence-corrected chi connectivity index (χ0v) is 9.43. The molecule has 0 aliphatic heterocycles. The molecule has 1 aliphatic rings. The maximum atomic E-state index is 10.2. The van der Waals surface area contributed by atoms with Gasteiger partial charge in [0.1, 0.15) is 6.10 Å². The van der Waals surface area contributed by atoms with Gasteiger partial charge in [-0.15, -0.1) is 5.10 Å². The Bertz CT molecular complexity index is 323. The maximum Gasteiger partial charge on any atom is 0.100 e. The van der Waals surface area contributed by atoms with Crippen LogP contribution in [0.15, 0.2) is 6.20 Å². The molecule has 2 rings (SSSR count). The molecule has 1 aromatic heterocycles. The fraction of sp³-hybridized carbons (Fsp3) is 0.818. The van der Waals surface area contributed by atoms with Gasteiger partial charge in [-0.2, -0.15) is 0 Å². The Hall–Kier alpha value is -0.900. The monoisotopic (exact) mass is 209 g/mol. The number of aliphatic hydroxyl groups is 1. The summed E-state index contributed by atoms with van der Waals surface area (Å²) < 4.78 is 1.67. The highest BCUT2D eigenvalue weighted by Gasteiger charge is 2.28. The lowest BCUT2D eigenvalue weighted by Gasteiger charge is -2.30. The molecule has 1 saturated carbocycles. The SMILES string of the molecule is CC1CCCC(C(O)c2cnnn2C)C1. The molecule has 3 unspecified atom stereocenters. The van der Waals surface area contributed by atoms with E-state index < -0.39 is 6.10 Å². The van der Waals surface area contributed by atoms with E-state index in [1.165, 1.54) is 12.8 Å². The predicted molar refractivity (Wildman–Crippen MR) is 57.1 cm³/mol. The number of nitrogens with zero attached hydrogens (tertiary/aromatic N) is 3. The molecule has 1 N–H and O–H groups in total. The van der Waals surface area contributed by atoms with E-state index in [0.29, 0.717) is 5.92 Å². The molecule has 0 amide bonds. The molecule has 1 aromatic rings. The van der Waals surface area contributed by atoms with Crippen LogP contribution in [0.2, 0.25) is 0 Å². The van der Waals surface area contributed by atoms with Crippen LogP contribution < -0.4 is 0 Å². The highest BCUT2D eigenvalue weighted by Crippen LogP contribution is 2.36. The molecule has 0 bridgehead atoms. The number of aromatic nitrogens is 3. The lowest BCUT2D eigenvalue weighted by Crippen LogP contribution is -2.21. The number of aliphatic hydroxyl groups excluding tert-OH is 1. The van der Waals surface area contributed by atoms with Crippen molar-refractivity contribution in [1.29, 1.82) is 0 Å². The van der Waals surface area contributed by atoms with Gasteiger partial charge in [-0.3, -0.25) is 0 Å². The minimum absolute atomic E-state index is 0.381. The predicted octanol–water partition coefficient (Wildman–Crippen LogP) is 1.67. The third-order valence-electron chi connectivity index (χ3n) is 3.48. The van der Waals surface area contributed by atoms with Gasteiger partial charge in [0.15, 0.2) is 0 Å². The Morgan fingerprint density at radius 2 is 2.33 bits per heavy atom. The molecule has 15 heavy (non-hydrogen) atoms. The average Bonchev–Trinajstić information content (AvgIpc) is 2.63. The van der Waals surface area contributed by atoms with Crippen molar-refractivity contribution in [3.63, 3.8) is 0 Å². The van der Waals surface area contributed by atoms with Gasteiger partial charge >= 0.3 is 0 Å². The Balaban J connectivity index is 2.07. The first-order chi connectivity index (χ1) is 7.18. The summed E-state index contributed by atoms with van der Waals surface area (Å²) in [4.78, 5) is 0. The van der Waals surface area contributed by atoms with Crippen molar-refractivity contribution in [2.45, 2.75) is 38.7 Å². The second-order valence-corrected chi connectivity index (χ2v) is 4.76. The van der Waals surface area contributed by atoms with Crippen LogP contribution >= 0.6 is 0 Å². The highest BCUT2D eigenvalue weighted by atomic mass is 16.3. The summed E-state index contributed by atoms with van der Waals surface area (Å²) in [7, 11) is 1.83. The molecular weight excluding hydrogens is 190 g/mol. The van der Waals surface area contributed by atoms with Gasteiger partial charge in [0.05, 0.1) is 11.9 Å². The van der Waals surface area contributed by atoms with Crippen LogP contribution in [0, 0.1) is 11.8 Å². The topological polar surface area (TPSA) is 50.9 Å². The van der Waals surface area contributed by atoms with Crippen LogP contribution in [0.25, 0.3) is 0 Å². The zero-order valence-electron chi connectivity index (χ0n) is 9.43. The van der Waals surface area contributed by atoms with Crippen molar-refractivity contribution < 1.29 is 5.11 Å². The number of aryl methyl sites for hydroxylation is 1. The number of rotatable bonds is 2. The van der Waals surface area contributed by atoms with E-state index in [4.69, 9.17) is 0 Å². The van der Waals surface area contributed by atoms with E-state index in [1.54, 1.807) is 10.9 Å². The molecule has 1 heterocycles. The van der Waals surface area contributed by atoms with Crippen LogP contribution in [0.5, 0.6) is 0 Å². The smallest absolute Gasteiger partial charge is 0.100 e. The molecule has 0 radical (unpaired) electrons. The summed E-state index contributed by atoms with van der Waals surface area (Å²) in [6, 6.07) is 0. The fourth-order valence-electron chi connectivity index (χ4n) is 2.57. The third kappa shape index (κ3) is 2.20. The minimum atomic E-state index is -0.396.